The molecule has 0 unspecified atom stereocenters. The lowest BCUT2D eigenvalue weighted by Crippen LogP contribution is -2.36. The Bertz CT molecular complexity index is 1360. The zero-order chi connectivity index (χ0) is 25.2. The van der Waals surface area contributed by atoms with Crippen molar-refractivity contribution in [2.24, 2.45) is 0 Å². The summed E-state index contributed by atoms with van der Waals surface area (Å²) < 4.78 is 30.1. The summed E-state index contributed by atoms with van der Waals surface area (Å²) in [6, 6.07) is 10.9. The molecule has 1 aliphatic rings. The highest BCUT2D eigenvalue weighted by atomic mass is 32.1. The number of nitrogens with one attached hydrogen (secondary N) is 1. The highest BCUT2D eigenvalue weighted by molar-refractivity contribution is 7.14. The highest BCUT2D eigenvalue weighted by Gasteiger charge is 2.39. The van der Waals surface area contributed by atoms with Crippen molar-refractivity contribution in [3.8, 4) is 0 Å². The van der Waals surface area contributed by atoms with Gasteiger partial charge in [0.2, 0.25) is 0 Å². The number of benzene rings is 1. The van der Waals surface area contributed by atoms with E-state index in [1.807, 2.05) is 53.3 Å². The van der Waals surface area contributed by atoms with Crippen molar-refractivity contribution in [1.82, 2.24) is 19.4 Å². The minimum absolute atomic E-state index is 0.0812. The number of carbonyl (C=O) groups is 1. The summed E-state index contributed by atoms with van der Waals surface area (Å²) in [6.07, 6.45) is 6.11. The van der Waals surface area contributed by atoms with Gasteiger partial charge in [-0.15, -0.1) is 11.3 Å². The first-order valence-corrected chi connectivity index (χ1v) is 12.5. The second-order valence-electron chi connectivity index (χ2n) is 8.96. The van der Waals surface area contributed by atoms with Crippen molar-refractivity contribution in [2.45, 2.75) is 25.0 Å². The van der Waals surface area contributed by atoms with Gasteiger partial charge in [0.25, 0.3) is 5.91 Å². The molecular formula is C26H26F2N6OS. The van der Waals surface area contributed by atoms with Crippen LogP contribution in [0.25, 0.3) is 0 Å². The Morgan fingerprint density at radius 2 is 2.00 bits per heavy atom. The number of halogens is 2. The summed E-state index contributed by atoms with van der Waals surface area (Å²) in [5, 5.41) is 5.27. The maximum Gasteiger partial charge on any atom is 0.274 e. The second-order valence-corrected chi connectivity index (χ2v) is 9.82. The summed E-state index contributed by atoms with van der Waals surface area (Å²) in [7, 11) is 3.96. The zero-order valence-corrected chi connectivity index (χ0v) is 20.8. The molecule has 7 nitrogen and oxygen atoms in total. The van der Waals surface area contributed by atoms with E-state index >= 15 is 0 Å². The van der Waals surface area contributed by atoms with Crippen molar-refractivity contribution in [1.29, 1.82) is 0 Å². The molecular weight excluding hydrogens is 482 g/mol. The molecule has 1 aromatic carbocycles. The number of amides is 1. The minimum Gasteiger partial charge on any atom is -0.359 e. The number of pyridine rings is 1. The number of thiazole rings is 1. The fourth-order valence-corrected chi connectivity index (χ4v) is 5.48. The molecule has 0 saturated carbocycles. The average Bonchev–Trinajstić information content (AvgIpc) is 3.59. The fraction of sp³-hybridized carbons (Fsp3) is 0.269. The molecule has 36 heavy (non-hydrogen) atoms. The molecule has 2 atom stereocenters. The Morgan fingerprint density at radius 3 is 2.75 bits per heavy atom. The third-order valence-electron chi connectivity index (χ3n) is 6.46. The summed E-state index contributed by atoms with van der Waals surface area (Å²) in [5.74, 6) is -1.46. The first kappa shape index (κ1) is 24.1. The average molecular weight is 509 g/mol. The number of carbonyl (C=O) groups excluding carboxylic acids is 1. The van der Waals surface area contributed by atoms with Gasteiger partial charge in [0.05, 0.1) is 17.4 Å². The van der Waals surface area contributed by atoms with Crippen LogP contribution in [0.15, 0.2) is 66.4 Å². The van der Waals surface area contributed by atoms with E-state index in [1.165, 1.54) is 23.5 Å². The first-order chi connectivity index (χ1) is 17.4. The van der Waals surface area contributed by atoms with Crippen LogP contribution in [0, 0.1) is 11.6 Å². The van der Waals surface area contributed by atoms with Gasteiger partial charge in [0.15, 0.2) is 5.13 Å². The van der Waals surface area contributed by atoms with Crippen LogP contribution >= 0.6 is 11.3 Å². The molecule has 0 bridgehead atoms. The van der Waals surface area contributed by atoms with Crippen molar-refractivity contribution < 1.29 is 13.6 Å². The Morgan fingerprint density at radius 1 is 1.19 bits per heavy atom. The number of anilines is 2. The maximum absolute atomic E-state index is 14.7. The summed E-state index contributed by atoms with van der Waals surface area (Å²) >= 11 is 1.33. The molecule has 3 aromatic heterocycles. The zero-order valence-electron chi connectivity index (χ0n) is 19.9. The maximum atomic E-state index is 14.7. The van der Waals surface area contributed by atoms with Crippen molar-refractivity contribution in [3.63, 3.8) is 0 Å². The third kappa shape index (κ3) is 4.87. The van der Waals surface area contributed by atoms with Crippen LogP contribution in [0.1, 0.15) is 34.2 Å². The smallest absolute Gasteiger partial charge is 0.274 e. The molecule has 1 N–H and O–H groups in total. The van der Waals surface area contributed by atoms with Gasteiger partial charge in [-0.3, -0.25) is 15.1 Å². The number of hydrogen-bond acceptors (Lipinski definition) is 6. The fourth-order valence-electron chi connectivity index (χ4n) is 4.74. The molecule has 4 heterocycles. The SMILES string of the molecule is CN(C)[C@@H]1CCN(c2ccc(F)cc2F)[C@H]1c1csc(NC(=O)c2cccn2Cc2ccncc2)n1. The topological polar surface area (TPSA) is 66.3 Å². The third-order valence-corrected chi connectivity index (χ3v) is 7.23. The van der Waals surface area contributed by atoms with E-state index < -0.39 is 11.6 Å². The molecule has 4 aromatic rings. The molecule has 1 fully saturated rings. The molecule has 186 valence electrons. The predicted octanol–water partition coefficient (Wildman–Crippen LogP) is 4.80. The van der Waals surface area contributed by atoms with Crippen molar-refractivity contribution >= 4 is 28.1 Å². The normalized spacial score (nSPS) is 17.6. The van der Waals surface area contributed by atoms with Gasteiger partial charge in [-0.2, -0.15) is 0 Å². The van der Waals surface area contributed by atoms with Crippen molar-refractivity contribution in [2.75, 3.05) is 30.9 Å². The second kappa shape index (κ2) is 10.2. The van der Waals surface area contributed by atoms with Crippen LogP contribution in [-0.2, 0) is 6.54 Å². The summed E-state index contributed by atoms with van der Waals surface area (Å²) in [5.41, 5.74) is 2.64. The molecule has 0 aliphatic carbocycles. The van der Waals surface area contributed by atoms with E-state index in [9.17, 15) is 13.6 Å². The largest absolute Gasteiger partial charge is 0.359 e. The quantitative estimate of drug-likeness (QED) is 0.389. The van der Waals surface area contributed by atoms with Crippen LogP contribution in [0.2, 0.25) is 0 Å². The number of aromatic nitrogens is 3. The van der Waals surface area contributed by atoms with E-state index in [1.54, 1.807) is 18.5 Å². The minimum atomic E-state index is -0.608. The molecule has 1 amide bonds. The molecule has 1 aliphatic heterocycles. The molecule has 10 heteroatoms. The van der Waals surface area contributed by atoms with E-state index in [2.05, 4.69) is 15.2 Å². The van der Waals surface area contributed by atoms with Crippen LogP contribution in [0.3, 0.4) is 0 Å². The predicted molar refractivity (Wildman–Crippen MR) is 136 cm³/mol. The summed E-state index contributed by atoms with van der Waals surface area (Å²) in [4.78, 5) is 25.8. The van der Waals surface area contributed by atoms with Crippen LogP contribution < -0.4 is 10.2 Å². The van der Waals surface area contributed by atoms with Gasteiger partial charge in [-0.05, 0) is 62.5 Å². The van der Waals surface area contributed by atoms with Gasteiger partial charge < -0.3 is 14.4 Å². The Kier molecular flexibility index (Phi) is 6.80. The molecule has 1 saturated heterocycles. The van der Waals surface area contributed by atoms with Gasteiger partial charge in [-0.25, -0.2) is 13.8 Å². The van der Waals surface area contributed by atoms with Crippen LogP contribution in [0.4, 0.5) is 19.6 Å². The number of nitrogens with zero attached hydrogens (tertiary/aromatic N) is 5. The summed E-state index contributed by atoms with van der Waals surface area (Å²) in [6.45, 7) is 1.16. The van der Waals surface area contributed by atoms with Gasteiger partial charge >= 0.3 is 0 Å². The monoisotopic (exact) mass is 508 g/mol. The molecule has 5 rings (SSSR count). The first-order valence-electron chi connectivity index (χ1n) is 11.6. The number of hydrogen-bond donors (Lipinski definition) is 1. The van der Waals surface area contributed by atoms with Crippen LogP contribution in [-0.4, -0.2) is 52.0 Å². The van der Waals surface area contributed by atoms with Gasteiger partial charge in [-0.1, -0.05) is 0 Å². The highest BCUT2D eigenvalue weighted by Crippen LogP contribution is 2.40. The van der Waals surface area contributed by atoms with Crippen LogP contribution in [0.5, 0.6) is 0 Å². The van der Waals surface area contributed by atoms with E-state index in [0.29, 0.717) is 29.6 Å². The Hall–Kier alpha value is -3.63. The van der Waals surface area contributed by atoms with E-state index in [-0.39, 0.29) is 18.0 Å². The van der Waals surface area contributed by atoms with Gasteiger partial charge in [0, 0.05) is 49.2 Å². The Balaban J connectivity index is 1.37. The van der Waals surface area contributed by atoms with E-state index in [4.69, 9.17) is 4.98 Å². The number of likely N-dealkylation sites (N-methyl/N-ethyl adjacent to an activating group) is 1. The van der Waals surface area contributed by atoms with E-state index in [0.717, 1.165) is 23.7 Å². The van der Waals surface area contributed by atoms with Gasteiger partial charge in [0.1, 0.15) is 17.3 Å². The molecule has 0 radical (unpaired) electrons. The lowest BCUT2D eigenvalue weighted by atomic mass is 10.1. The lowest BCUT2D eigenvalue weighted by Gasteiger charge is -2.31. The van der Waals surface area contributed by atoms with Crippen molar-refractivity contribution in [3.05, 3.63) is 95.0 Å². The standard InChI is InChI=1S/C26H26F2N6OS/c1-32(2)22-9-13-34(21-6-5-18(27)14-19(21)28)24(22)20-16-36-26(30-20)31-25(35)23-4-3-12-33(23)15-17-7-10-29-11-8-17/h3-8,10-12,14,16,22,24H,9,13,15H2,1-2H3,(H,30,31,35)/t22-,24+/m1/s1. The Labute approximate surface area is 212 Å². The lowest BCUT2D eigenvalue weighted by molar-refractivity contribution is 0.101. The molecule has 0 spiro atoms. The number of rotatable bonds is 7.